The van der Waals surface area contributed by atoms with Crippen LogP contribution >= 0.6 is 0 Å². The molecule has 28 heteroatoms. The van der Waals surface area contributed by atoms with Crippen molar-refractivity contribution >= 4 is 76.1 Å². The Labute approximate surface area is 621 Å². The van der Waals surface area contributed by atoms with Gasteiger partial charge in [-0.15, -0.1) is 5.10 Å². The highest BCUT2D eigenvalue weighted by molar-refractivity contribution is 6.07. The zero-order valence-corrected chi connectivity index (χ0v) is 61.8. The Morgan fingerprint density at radius 1 is 0.682 bits per heavy atom. The van der Waals surface area contributed by atoms with E-state index < -0.39 is 79.0 Å². The predicted octanol–water partition coefficient (Wildman–Crippen LogP) is 8.44. The van der Waals surface area contributed by atoms with Gasteiger partial charge in [-0.05, 0) is 143 Å². The highest BCUT2D eigenvalue weighted by atomic mass is 16.6. The third-order valence-electron chi connectivity index (χ3n) is 22.1. The molecule has 4 fully saturated rings. The van der Waals surface area contributed by atoms with E-state index in [9.17, 15) is 48.3 Å². The molecule has 1 aromatic heterocycles. The summed E-state index contributed by atoms with van der Waals surface area (Å²) >= 11 is 0. The minimum atomic E-state index is -1.47. The van der Waals surface area contributed by atoms with Gasteiger partial charge in [0.05, 0.1) is 92.5 Å². The van der Waals surface area contributed by atoms with Crippen LogP contribution in [0.1, 0.15) is 150 Å². The topological polar surface area (TPSA) is 336 Å². The number of aliphatic hydroxyl groups excluding tert-OH is 1. The second-order valence-corrected chi connectivity index (χ2v) is 30.3. The first-order chi connectivity index (χ1) is 51.4. The van der Waals surface area contributed by atoms with Crippen molar-refractivity contribution in [2.75, 3.05) is 80.6 Å². The molecular weight excluding hydrogens is 1370 g/mol. The number of ether oxygens (including phenoxy) is 5. The Hall–Kier alpha value is -10.8. The van der Waals surface area contributed by atoms with Crippen LogP contribution in [0.15, 0.2) is 97.1 Å². The second-order valence-electron chi connectivity index (χ2n) is 30.3. The van der Waals surface area contributed by atoms with Gasteiger partial charge in [0.1, 0.15) is 24.4 Å². The van der Waals surface area contributed by atoms with Crippen LogP contribution in [0.3, 0.4) is 0 Å². The molecule has 5 atom stereocenters. The van der Waals surface area contributed by atoms with Gasteiger partial charge < -0.3 is 75.4 Å². The molecule has 2 aliphatic carbocycles. The molecule has 2 saturated carbocycles. The van der Waals surface area contributed by atoms with Crippen molar-refractivity contribution in [2.24, 2.45) is 16.7 Å². The lowest BCUT2D eigenvalue weighted by atomic mass is 9.93. The van der Waals surface area contributed by atoms with E-state index in [0.717, 1.165) is 65.2 Å². The van der Waals surface area contributed by atoms with E-state index in [1.807, 2.05) is 64.2 Å². The van der Waals surface area contributed by atoms with Gasteiger partial charge in [0.15, 0.2) is 29.2 Å². The van der Waals surface area contributed by atoms with Crippen molar-refractivity contribution in [3.8, 4) is 45.5 Å². The maximum absolute atomic E-state index is 14.5. The number of nitrogens with one attached hydrogen (secondary N) is 6. The van der Waals surface area contributed by atoms with Gasteiger partial charge in [-0.1, -0.05) is 80.6 Å². The van der Waals surface area contributed by atoms with E-state index in [-0.39, 0.29) is 90.1 Å². The van der Waals surface area contributed by atoms with Crippen molar-refractivity contribution < 1.29 is 71.9 Å². The number of benzene rings is 5. The molecule has 2 spiro atoms. The molecule has 2 saturated heterocycles. The minimum Gasteiger partial charge on any atom is -0.493 e. The molecule has 7 aliphatic rings. The Balaban J connectivity index is 0.555. The van der Waals surface area contributed by atoms with Gasteiger partial charge in [-0.2, -0.15) is 0 Å². The molecule has 1 unspecified atom stereocenters. The number of para-hydroxylation sites is 1. The summed E-state index contributed by atoms with van der Waals surface area (Å²) in [6.07, 6.45) is 5.71. The average molecular weight is 1470 g/mol. The number of methoxy groups -OCH3 is 2. The van der Waals surface area contributed by atoms with Gasteiger partial charge in [-0.25, -0.2) is 14.4 Å². The van der Waals surface area contributed by atoms with Crippen molar-refractivity contribution in [3.63, 3.8) is 0 Å². The summed E-state index contributed by atoms with van der Waals surface area (Å²) in [6, 6.07) is 25.7. The summed E-state index contributed by atoms with van der Waals surface area (Å²) in [5.41, 5.74) is 6.86. The molecule has 5 aromatic carbocycles. The number of aromatic nitrogens is 3. The normalized spacial score (nSPS) is 18.7. The lowest BCUT2D eigenvalue weighted by molar-refractivity contribution is -0.132. The van der Waals surface area contributed by atoms with Gasteiger partial charge in [-0.3, -0.25) is 38.4 Å². The molecule has 5 aliphatic heterocycles. The predicted molar refractivity (Wildman–Crippen MR) is 397 cm³/mol. The summed E-state index contributed by atoms with van der Waals surface area (Å²) in [5, 5.41) is 37.9. The number of anilines is 4. The van der Waals surface area contributed by atoms with E-state index in [1.54, 1.807) is 67.2 Å². The van der Waals surface area contributed by atoms with Crippen molar-refractivity contribution in [2.45, 2.75) is 168 Å². The van der Waals surface area contributed by atoms with E-state index in [4.69, 9.17) is 23.7 Å². The number of carbonyl (C=O) groups excluding carboxylic acids is 9. The monoisotopic (exact) mass is 1470 g/mol. The number of amides is 9. The highest BCUT2D eigenvalue weighted by Crippen LogP contribution is 2.58. The Kier molecular flexibility index (Phi) is 21.6. The number of nitrogens with zero attached hydrogens (tertiary/aromatic N) is 7. The molecule has 13 rings (SSSR count). The maximum atomic E-state index is 14.5. The van der Waals surface area contributed by atoms with Gasteiger partial charge in [0.25, 0.3) is 11.8 Å². The second kappa shape index (κ2) is 31.0. The quantitative estimate of drug-likeness (QED) is 0.0238. The molecule has 107 heavy (non-hydrogen) atoms. The number of carbonyl (C=O) groups is 9. The van der Waals surface area contributed by atoms with Crippen LogP contribution in [-0.2, 0) is 52.2 Å². The molecule has 9 amide bonds. The van der Waals surface area contributed by atoms with Gasteiger partial charge in [0, 0.05) is 67.5 Å². The molecule has 0 bridgehead atoms. The van der Waals surface area contributed by atoms with Crippen LogP contribution in [0.4, 0.5) is 27.5 Å². The smallest absolute Gasteiger partial charge is 0.416 e. The van der Waals surface area contributed by atoms with Crippen molar-refractivity contribution in [1.29, 1.82) is 0 Å². The Morgan fingerprint density at radius 2 is 1.32 bits per heavy atom. The zero-order valence-electron chi connectivity index (χ0n) is 61.8. The summed E-state index contributed by atoms with van der Waals surface area (Å²) in [4.78, 5) is 129. The molecular formula is C79H95N13O15. The first-order valence-corrected chi connectivity index (χ1v) is 37.1. The number of unbranched alkanes of at least 4 members (excludes halogenated alkanes) is 2. The third-order valence-corrected chi connectivity index (χ3v) is 22.1. The largest absolute Gasteiger partial charge is 0.493 e. The molecule has 6 heterocycles. The minimum absolute atomic E-state index is 0.0182. The van der Waals surface area contributed by atoms with Crippen LogP contribution in [0.25, 0.3) is 22.5 Å². The standard InChI is InChI=1S/C79H95N13O15/c1-9-77(5,6)92-70-52-18-12-11-17-49(52)42-88(57-20-14-13-19-53(57)69(70)86-87-92)67(96)26-25-64(93)81-40-65(94)82-41-66(95)85-68(46(2)3)72(98)83-47(4)71(97)84-50-23-21-48(22-24-50)43-107-76(102)91-58-36-63(61(104-8)34-55(58)74(100)90-45-79(29-30-79)38-59(90)75(91)101)106-32-16-10-15-31-105-62-35-56-54(33-60(62)103-7)73(99)89-44-78(27-28-78)37-51(89)39-80-56/h11-14,17-24,33-36,46-47,51,59,68,75,80,101H,9-10,15-16,25-32,37-45H2,1-8H3,(H,81,93)(H,82,94)(H,83,98)(H,84,97)(H,85,95)/t47-,51-,59-,68-,75?/m0/s1. The first-order valence-electron chi connectivity index (χ1n) is 37.1. The average Bonchev–Trinajstić information content (AvgIpc) is 1.73. The van der Waals surface area contributed by atoms with Crippen LogP contribution in [-0.4, -0.2) is 174 Å². The lowest BCUT2D eigenvalue weighted by Gasteiger charge is -2.31. The molecule has 7 N–H and O–H groups in total. The molecule has 566 valence electrons. The van der Waals surface area contributed by atoms with Crippen LogP contribution in [0, 0.1) is 16.7 Å². The fourth-order valence-electron chi connectivity index (χ4n) is 15.1. The van der Waals surface area contributed by atoms with Crippen molar-refractivity contribution in [1.82, 2.24) is 46.1 Å². The van der Waals surface area contributed by atoms with E-state index in [0.29, 0.717) is 90.5 Å². The number of rotatable bonds is 27. The van der Waals surface area contributed by atoms with E-state index >= 15 is 0 Å². The fourth-order valence-corrected chi connectivity index (χ4v) is 15.1. The Bertz CT molecular complexity index is 4430. The van der Waals surface area contributed by atoms with E-state index in [1.165, 1.54) is 32.9 Å². The van der Waals surface area contributed by atoms with Crippen LogP contribution in [0.5, 0.6) is 23.0 Å². The molecule has 6 aromatic rings. The first kappa shape index (κ1) is 74.5. The summed E-state index contributed by atoms with van der Waals surface area (Å²) in [7, 11) is 3.03. The van der Waals surface area contributed by atoms with Gasteiger partial charge >= 0.3 is 6.09 Å². The number of aliphatic hydroxyl groups is 1. The molecule has 28 nitrogen and oxygen atoms in total. The van der Waals surface area contributed by atoms with Gasteiger partial charge in [0.2, 0.25) is 35.4 Å². The summed E-state index contributed by atoms with van der Waals surface area (Å²) in [6.45, 7) is 12.7. The summed E-state index contributed by atoms with van der Waals surface area (Å²) < 4.78 is 31.8. The fraction of sp³-hybridized carbons (Fsp3) is 0.481. The van der Waals surface area contributed by atoms with Crippen LogP contribution in [0.2, 0.25) is 0 Å². The SMILES string of the molecule is CCC(C)(C)n1nnc2c1-c1ccccc1CN(C(=O)CCC(=O)NCC(=O)NCC(=O)N[C@H](C(=O)N[C@@H](C)C(=O)Nc1ccc(COC(=O)N3c4cc(OCCCCCOc5cc6c(cc5OC)C(=O)N5CC7(CC7)C[C@H]5CN6)c(OC)cc4C(=O)N4CC5(CC5)C[C@H]4C3O)cc1)C(C)C)c1ccccc1-2. The lowest BCUT2D eigenvalue weighted by Crippen LogP contribution is -2.55. The molecule has 0 radical (unpaired) electrons. The Morgan fingerprint density at radius 3 is 2.01 bits per heavy atom. The number of fused-ring (bicyclic) bond motifs is 9. The number of hydrogen-bond acceptors (Lipinski definition) is 18. The van der Waals surface area contributed by atoms with Crippen LogP contribution < -0.4 is 60.6 Å². The maximum Gasteiger partial charge on any atom is 0.416 e. The van der Waals surface area contributed by atoms with E-state index in [2.05, 4.69) is 63.0 Å². The summed E-state index contributed by atoms with van der Waals surface area (Å²) in [5.74, 6) is -2.73. The highest BCUT2D eigenvalue weighted by Gasteiger charge is 2.58. The third kappa shape index (κ3) is 15.9. The number of hydrogen-bond donors (Lipinski definition) is 7. The zero-order chi connectivity index (χ0) is 75.6. The van der Waals surface area contributed by atoms with Crippen molar-refractivity contribution in [3.05, 3.63) is 119 Å².